The van der Waals surface area contributed by atoms with E-state index in [0.29, 0.717) is 13.1 Å². The minimum atomic E-state index is -0.900. The lowest BCUT2D eigenvalue weighted by Gasteiger charge is -2.36. The molecule has 3 unspecified atom stereocenters. The summed E-state index contributed by atoms with van der Waals surface area (Å²) in [6.45, 7) is 8.72. The van der Waals surface area contributed by atoms with Gasteiger partial charge in [0, 0.05) is 19.1 Å². The number of rotatable bonds is 4. The van der Waals surface area contributed by atoms with E-state index in [9.17, 15) is 9.59 Å². The molecule has 0 aliphatic carbocycles. The van der Waals surface area contributed by atoms with E-state index in [4.69, 9.17) is 9.84 Å². The van der Waals surface area contributed by atoms with Crippen molar-refractivity contribution >= 4 is 12.0 Å². The number of carbonyl (C=O) groups excluding carboxylic acids is 1. The lowest BCUT2D eigenvalue weighted by molar-refractivity contribution is -0.137. The van der Waals surface area contributed by atoms with Gasteiger partial charge in [-0.25, -0.2) is 4.79 Å². The number of ether oxygens (including phenoxy) is 1. The van der Waals surface area contributed by atoms with Gasteiger partial charge in [0.05, 0.1) is 18.6 Å². The molecule has 1 aliphatic heterocycles. The Morgan fingerprint density at radius 2 is 1.84 bits per heavy atom. The van der Waals surface area contributed by atoms with Gasteiger partial charge in [-0.3, -0.25) is 4.79 Å². The number of hydrogen-bond acceptors (Lipinski definition) is 3. The Kier molecular flexibility index (Phi) is 5.60. The summed E-state index contributed by atoms with van der Waals surface area (Å²) in [4.78, 5) is 24.6. The van der Waals surface area contributed by atoms with Crippen LogP contribution >= 0.6 is 0 Å². The second kappa shape index (κ2) is 6.75. The predicted octanol–water partition coefficient (Wildman–Crippen LogP) is 1.30. The Morgan fingerprint density at radius 3 is 2.26 bits per heavy atom. The lowest BCUT2D eigenvalue weighted by atomic mass is 10.0. The fourth-order valence-electron chi connectivity index (χ4n) is 2.24. The molecule has 0 radical (unpaired) electrons. The fraction of sp³-hybridized carbons (Fsp3) is 0.846. The monoisotopic (exact) mass is 272 g/mol. The number of morpholine rings is 1. The molecule has 0 aromatic heterocycles. The smallest absolute Gasteiger partial charge is 0.317 e. The predicted molar refractivity (Wildman–Crippen MR) is 71.0 cm³/mol. The number of amides is 2. The standard InChI is InChI=1S/C13H24N2O4/c1-8(2)11(5-12(16)17)14-13(18)15-6-9(3)19-10(4)7-15/h8-11H,5-7H2,1-4H3,(H,14,18)(H,16,17). The summed E-state index contributed by atoms with van der Waals surface area (Å²) in [7, 11) is 0. The highest BCUT2D eigenvalue weighted by molar-refractivity contribution is 5.76. The number of urea groups is 1. The van der Waals surface area contributed by atoms with Crippen LogP contribution in [0, 0.1) is 5.92 Å². The maximum atomic E-state index is 12.2. The Labute approximate surface area is 114 Å². The zero-order chi connectivity index (χ0) is 14.6. The lowest BCUT2D eigenvalue weighted by Crippen LogP contribution is -2.54. The van der Waals surface area contributed by atoms with E-state index < -0.39 is 5.97 Å². The van der Waals surface area contributed by atoms with Crippen LogP contribution in [0.15, 0.2) is 0 Å². The molecule has 1 saturated heterocycles. The van der Waals surface area contributed by atoms with E-state index in [1.165, 1.54) is 0 Å². The van der Waals surface area contributed by atoms with E-state index in [0.717, 1.165) is 0 Å². The molecule has 3 atom stereocenters. The Bertz CT molecular complexity index is 323. The zero-order valence-electron chi connectivity index (χ0n) is 12.0. The summed E-state index contributed by atoms with van der Waals surface area (Å²) in [5, 5.41) is 11.7. The molecule has 0 saturated carbocycles. The van der Waals surface area contributed by atoms with Gasteiger partial charge in [0.1, 0.15) is 0 Å². The van der Waals surface area contributed by atoms with E-state index >= 15 is 0 Å². The Morgan fingerprint density at radius 1 is 1.32 bits per heavy atom. The molecule has 0 aromatic carbocycles. The van der Waals surface area contributed by atoms with Gasteiger partial charge in [-0.05, 0) is 19.8 Å². The van der Waals surface area contributed by atoms with Crippen molar-refractivity contribution in [1.29, 1.82) is 0 Å². The van der Waals surface area contributed by atoms with Gasteiger partial charge in [-0.15, -0.1) is 0 Å². The maximum absolute atomic E-state index is 12.2. The summed E-state index contributed by atoms with van der Waals surface area (Å²) in [6, 6.07) is -0.555. The van der Waals surface area contributed by atoms with Crippen LogP contribution in [0.2, 0.25) is 0 Å². The number of nitrogens with one attached hydrogen (secondary N) is 1. The minimum absolute atomic E-state index is 0.00599. The van der Waals surface area contributed by atoms with Crippen LogP contribution in [0.1, 0.15) is 34.1 Å². The molecule has 19 heavy (non-hydrogen) atoms. The summed E-state index contributed by atoms with van der Waals surface area (Å²) < 4.78 is 5.57. The van der Waals surface area contributed by atoms with Crippen molar-refractivity contribution in [1.82, 2.24) is 10.2 Å². The molecule has 1 rings (SSSR count). The van der Waals surface area contributed by atoms with E-state index in [1.54, 1.807) is 4.90 Å². The van der Waals surface area contributed by atoms with Crippen LogP contribution in [0.5, 0.6) is 0 Å². The van der Waals surface area contributed by atoms with E-state index in [2.05, 4.69) is 5.32 Å². The highest BCUT2D eigenvalue weighted by Gasteiger charge is 2.28. The molecule has 0 aromatic rings. The molecule has 2 N–H and O–H groups in total. The summed E-state index contributed by atoms with van der Waals surface area (Å²) in [5.41, 5.74) is 0. The van der Waals surface area contributed by atoms with Crippen LogP contribution in [-0.4, -0.2) is 53.3 Å². The number of hydrogen-bond donors (Lipinski definition) is 2. The number of carboxylic acids is 1. The van der Waals surface area contributed by atoms with Gasteiger partial charge >= 0.3 is 12.0 Å². The van der Waals surface area contributed by atoms with Crippen molar-refractivity contribution < 1.29 is 19.4 Å². The largest absolute Gasteiger partial charge is 0.481 e. The van der Waals surface area contributed by atoms with Crippen LogP contribution in [0.25, 0.3) is 0 Å². The van der Waals surface area contributed by atoms with Gasteiger partial charge in [0.15, 0.2) is 0 Å². The first kappa shape index (κ1) is 15.8. The molecule has 1 heterocycles. The first-order valence-corrected chi connectivity index (χ1v) is 6.72. The molecule has 110 valence electrons. The second-order valence-electron chi connectivity index (χ2n) is 5.56. The van der Waals surface area contributed by atoms with Crippen molar-refractivity contribution in [3.8, 4) is 0 Å². The van der Waals surface area contributed by atoms with Gasteiger partial charge in [0.2, 0.25) is 0 Å². The third kappa shape index (κ3) is 5.06. The summed E-state index contributed by atoms with van der Waals surface area (Å²) in [6.07, 6.45) is -0.0447. The molecule has 6 nitrogen and oxygen atoms in total. The van der Waals surface area contributed by atoms with E-state index in [1.807, 2.05) is 27.7 Å². The molecule has 2 amide bonds. The molecule has 6 heteroatoms. The molecule has 1 aliphatic rings. The molecule has 1 fully saturated rings. The van der Waals surface area contributed by atoms with Crippen LogP contribution in [-0.2, 0) is 9.53 Å². The first-order valence-electron chi connectivity index (χ1n) is 6.72. The first-order chi connectivity index (χ1) is 8.79. The zero-order valence-corrected chi connectivity index (χ0v) is 12.0. The van der Waals surface area contributed by atoms with Crippen molar-refractivity contribution in [2.24, 2.45) is 5.92 Å². The number of carboxylic acid groups (broad SMARTS) is 1. The Balaban J connectivity index is 2.58. The minimum Gasteiger partial charge on any atom is -0.481 e. The van der Waals surface area contributed by atoms with Gasteiger partial charge in [-0.2, -0.15) is 0 Å². The van der Waals surface area contributed by atoms with Crippen molar-refractivity contribution in [3.05, 3.63) is 0 Å². The quantitative estimate of drug-likeness (QED) is 0.808. The van der Waals surface area contributed by atoms with Gasteiger partial charge in [-0.1, -0.05) is 13.8 Å². The number of carbonyl (C=O) groups is 2. The molecule has 0 bridgehead atoms. The number of aliphatic carboxylic acids is 1. The molecule has 0 spiro atoms. The van der Waals surface area contributed by atoms with Crippen LogP contribution in [0.3, 0.4) is 0 Å². The van der Waals surface area contributed by atoms with E-state index in [-0.39, 0.29) is 36.6 Å². The van der Waals surface area contributed by atoms with Gasteiger partial charge in [0.25, 0.3) is 0 Å². The fourth-order valence-corrected chi connectivity index (χ4v) is 2.24. The highest BCUT2D eigenvalue weighted by Crippen LogP contribution is 2.12. The highest BCUT2D eigenvalue weighted by atomic mass is 16.5. The number of nitrogens with zero attached hydrogens (tertiary/aromatic N) is 1. The molecular formula is C13H24N2O4. The summed E-state index contributed by atoms with van der Waals surface area (Å²) >= 11 is 0. The third-order valence-corrected chi connectivity index (χ3v) is 3.21. The average Bonchev–Trinajstić information content (AvgIpc) is 2.25. The topological polar surface area (TPSA) is 78.9 Å². The van der Waals surface area contributed by atoms with Crippen LogP contribution in [0.4, 0.5) is 4.79 Å². The maximum Gasteiger partial charge on any atom is 0.317 e. The van der Waals surface area contributed by atoms with Gasteiger partial charge < -0.3 is 20.1 Å². The SMILES string of the molecule is CC1CN(C(=O)NC(CC(=O)O)C(C)C)CC(C)O1. The average molecular weight is 272 g/mol. The third-order valence-electron chi connectivity index (χ3n) is 3.21. The second-order valence-corrected chi connectivity index (χ2v) is 5.56. The summed E-state index contributed by atoms with van der Waals surface area (Å²) in [5.74, 6) is -0.821. The van der Waals surface area contributed by atoms with Crippen molar-refractivity contribution in [2.45, 2.75) is 52.4 Å². The Hall–Kier alpha value is -1.30. The molecular weight excluding hydrogens is 248 g/mol. The van der Waals surface area contributed by atoms with Crippen molar-refractivity contribution in [2.75, 3.05) is 13.1 Å². The normalized spacial score (nSPS) is 25.2. The van der Waals surface area contributed by atoms with Crippen LogP contribution < -0.4 is 5.32 Å². The van der Waals surface area contributed by atoms with Crippen molar-refractivity contribution in [3.63, 3.8) is 0 Å².